The third kappa shape index (κ3) is 6.61. The number of aliphatic imine (C=N–C) groups is 1. The summed E-state index contributed by atoms with van der Waals surface area (Å²) in [4.78, 5) is 4.73. The van der Waals surface area contributed by atoms with E-state index in [-0.39, 0.29) is 0 Å². The first-order valence-corrected chi connectivity index (χ1v) is 9.14. The molecule has 0 aliphatic carbocycles. The highest BCUT2D eigenvalue weighted by Crippen LogP contribution is 2.14. The van der Waals surface area contributed by atoms with Gasteiger partial charge in [0, 0.05) is 38.6 Å². The van der Waals surface area contributed by atoms with Gasteiger partial charge in [-0.3, -0.25) is 9.67 Å². The zero-order valence-corrected chi connectivity index (χ0v) is 15.9. The van der Waals surface area contributed by atoms with Crippen molar-refractivity contribution in [3.05, 3.63) is 53.9 Å². The Hall–Kier alpha value is -2.30. The van der Waals surface area contributed by atoms with Crippen molar-refractivity contribution in [1.82, 2.24) is 20.4 Å². The largest absolute Gasteiger partial charge is 0.357 e. The van der Waals surface area contributed by atoms with Crippen molar-refractivity contribution in [2.45, 2.75) is 40.2 Å². The Morgan fingerprint density at radius 2 is 1.96 bits per heavy atom. The van der Waals surface area contributed by atoms with Crippen molar-refractivity contribution >= 4 is 5.96 Å². The molecule has 2 aromatic rings. The van der Waals surface area contributed by atoms with E-state index in [2.05, 4.69) is 67.7 Å². The Balaban J connectivity index is 1.85. The minimum Gasteiger partial charge on any atom is -0.357 e. The highest BCUT2D eigenvalue weighted by Gasteiger charge is 2.08. The monoisotopic (exact) mass is 341 g/mol. The predicted octanol–water partition coefficient (Wildman–Crippen LogP) is 3.19. The van der Waals surface area contributed by atoms with E-state index in [0.29, 0.717) is 11.8 Å². The van der Waals surface area contributed by atoms with Crippen LogP contribution in [0.5, 0.6) is 0 Å². The minimum absolute atomic E-state index is 0.435. The van der Waals surface area contributed by atoms with E-state index in [9.17, 15) is 0 Å². The lowest BCUT2D eigenvalue weighted by atomic mass is 10.0. The highest BCUT2D eigenvalue weighted by atomic mass is 15.3. The lowest BCUT2D eigenvalue weighted by Gasteiger charge is -2.17. The zero-order valence-electron chi connectivity index (χ0n) is 15.9. The van der Waals surface area contributed by atoms with Crippen LogP contribution in [0.15, 0.2) is 47.7 Å². The Morgan fingerprint density at radius 3 is 2.60 bits per heavy atom. The van der Waals surface area contributed by atoms with Gasteiger partial charge >= 0.3 is 0 Å². The number of hydrogen-bond acceptors (Lipinski definition) is 2. The molecule has 5 nitrogen and oxygen atoms in total. The lowest BCUT2D eigenvalue weighted by molar-refractivity contribution is 0.458. The zero-order chi connectivity index (χ0) is 18.1. The van der Waals surface area contributed by atoms with E-state index >= 15 is 0 Å². The van der Waals surface area contributed by atoms with Gasteiger partial charge in [0.2, 0.25) is 0 Å². The number of benzene rings is 1. The summed E-state index contributed by atoms with van der Waals surface area (Å²) in [6.07, 6.45) is 3.81. The average Bonchev–Trinajstić information content (AvgIpc) is 3.10. The fourth-order valence-electron chi connectivity index (χ4n) is 2.64. The van der Waals surface area contributed by atoms with Crippen molar-refractivity contribution in [1.29, 1.82) is 0 Å². The molecule has 2 N–H and O–H groups in total. The normalized spacial score (nSPS) is 14.2. The van der Waals surface area contributed by atoms with Gasteiger partial charge in [0.05, 0.1) is 0 Å². The van der Waals surface area contributed by atoms with Gasteiger partial charge in [0.25, 0.3) is 0 Å². The van der Waals surface area contributed by atoms with Crippen LogP contribution in [0.1, 0.15) is 37.8 Å². The van der Waals surface area contributed by atoms with Crippen LogP contribution in [0.2, 0.25) is 0 Å². The van der Waals surface area contributed by atoms with Crippen molar-refractivity contribution in [2.24, 2.45) is 10.9 Å². The fourth-order valence-corrected chi connectivity index (χ4v) is 2.64. The smallest absolute Gasteiger partial charge is 0.191 e. The molecule has 5 heteroatoms. The van der Waals surface area contributed by atoms with Gasteiger partial charge in [0.15, 0.2) is 5.96 Å². The molecule has 1 aromatic carbocycles. The van der Waals surface area contributed by atoms with Crippen LogP contribution >= 0.6 is 0 Å². The third-order valence-electron chi connectivity index (χ3n) is 4.19. The van der Waals surface area contributed by atoms with Crippen LogP contribution in [-0.4, -0.2) is 35.4 Å². The summed E-state index contributed by atoms with van der Waals surface area (Å²) in [5.74, 6) is 1.75. The molecule has 0 saturated heterocycles. The Morgan fingerprint density at radius 1 is 1.20 bits per heavy atom. The maximum Gasteiger partial charge on any atom is 0.191 e. The summed E-state index contributed by atoms with van der Waals surface area (Å²) in [5, 5.41) is 11.0. The molecule has 1 aromatic heterocycles. The Kier molecular flexibility index (Phi) is 7.51. The fraction of sp³-hybridized carbons (Fsp3) is 0.500. The van der Waals surface area contributed by atoms with Crippen molar-refractivity contribution in [3.8, 4) is 0 Å². The van der Waals surface area contributed by atoms with Crippen LogP contribution in [0.25, 0.3) is 0 Å². The second kappa shape index (κ2) is 9.87. The number of aromatic nitrogens is 2. The van der Waals surface area contributed by atoms with Crippen LogP contribution in [0.4, 0.5) is 0 Å². The molecule has 1 heterocycles. The van der Waals surface area contributed by atoms with Crippen molar-refractivity contribution in [3.63, 3.8) is 0 Å². The quantitative estimate of drug-likeness (QED) is 0.573. The number of nitrogens with zero attached hydrogens (tertiary/aromatic N) is 3. The van der Waals surface area contributed by atoms with Gasteiger partial charge in [0.1, 0.15) is 0 Å². The van der Waals surface area contributed by atoms with Crippen LogP contribution in [0, 0.1) is 12.8 Å². The molecule has 2 atom stereocenters. The van der Waals surface area contributed by atoms with Crippen molar-refractivity contribution in [2.75, 3.05) is 19.6 Å². The van der Waals surface area contributed by atoms with E-state index in [4.69, 9.17) is 4.99 Å². The van der Waals surface area contributed by atoms with Gasteiger partial charge in [-0.25, -0.2) is 0 Å². The molecule has 0 radical (unpaired) electrons. The SMILES string of the molecule is CCNC(=NCC(C)Cn1cccn1)NCC(C)c1ccc(C)cc1. The van der Waals surface area contributed by atoms with E-state index < -0.39 is 0 Å². The van der Waals surface area contributed by atoms with Crippen LogP contribution in [0.3, 0.4) is 0 Å². The third-order valence-corrected chi connectivity index (χ3v) is 4.19. The molecule has 2 unspecified atom stereocenters. The molecule has 0 aliphatic rings. The van der Waals surface area contributed by atoms with Gasteiger partial charge in [-0.05, 0) is 37.3 Å². The van der Waals surface area contributed by atoms with E-state index in [1.165, 1.54) is 11.1 Å². The topological polar surface area (TPSA) is 54.2 Å². The first kappa shape index (κ1) is 19.0. The number of aryl methyl sites for hydroxylation is 1. The number of hydrogen-bond donors (Lipinski definition) is 2. The van der Waals surface area contributed by atoms with Crippen LogP contribution < -0.4 is 10.6 Å². The summed E-state index contributed by atoms with van der Waals surface area (Å²) in [7, 11) is 0. The minimum atomic E-state index is 0.435. The molecule has 0 bridgehead atoms. The highest BCUT2D eigenvalue weighted by molar-refractivity contribution is 5.79. The predicted molar refractivity (Wildman–Crippen MR) is 105 cm³/mol. The summed E-state index contributed by atoms with van der Waals surface area (Å²) in [6, 6.07) is 10.7. The molecule has 0 amide bonds. The molecule has 2 rings (SSSR count). The maximum atomic E-state index is 4.73. The number of rotatable bonds is 8. The lowest BCUT2D eigenvalue weighted by Crippen LogP contribution is -2.39. The summed E-state index contributed by atoms with van der Waals surface area (Å²) < 4.78 is 1.96. The second-order valence-corrected chi connectivity index (χ2v) is 6.75. The molecular weight excluding hydrogens is 310 g/mol. The van der Waals surface area contributed by atoms with Crippen molar-refractivity contribution < 1.29 is 0 Å². The summed E-state index contributed by atoms with van der Waals surface area (Å²) >= 11 is 0. The number of nitrogens with one attached hydrogen (secondary N) is 2. The average molecular weight is 342 g/mol. The maximum absolute atomic E-state index is 4.73. The van der Waals surface area contributed by atoms with E-state index in [1.54, 1.807) is 0 Å². The Bertz CT molecular complexity index is 631. The Labute approximate surface area is 151 Å². The molecule has 0 fully saturated rings. The first-order chi connectivity index (χ1) is 12.1. The van der Waals surface area contributed by atoms with Gasteiger partial charge in [-0.1, -0.05) is 43.7 Å². The van der Waals surface area contributed by atoms with Gasteiger partial charge < -0.3 is 10.6 Å². The summed E-state index contributed by atoms with van der Waals surface area (Å²) in [6.45, 7) is 12.0. The van der Waals surface area contributed by atoms with Gasteiger partial charge in [-0.2, -0.15) is 5.10 Å². The second-order valence-electron chi connectivity index (χ2n) is 6.75. The molecule has 0 spiro atoms. The molecule has 0 aliphatic heterocycles. The molecule has 136 valence electrons. The van der Waals surface area contributed by atoms with Gasteiger partial charge in [-0.15, -0.1) is 0 Å². The molecule has 0 saturated carbocycles. The molecular formula is C20H31N5. The van der Waals surface area contributed by atoms with E-state index in [0.717, 1.165) is 32.1 Å². The standard InChI is InChI=1S/C20H31N5/c1-5-21-20(22-13-17(3)15-25-12-6-11-24-25)23-14-18(4)19-9-7-16(2)8-10-19/h6-12,17-18H,5,13-15H2,1-4H3,(H2,21,22,23). The van der Waals surface area contributed by atoms with Crippen LogP contribution in [-0.2, 0) is 6.54 Å². The first-order valence-electron chi connectivity index (χ1n) is 9.14. The molecule has 25 heavy (non-hydrogen) atoms. The number of guanidine groups is 1. The summed E-state index contributed by atoms with van der Waals surface area (Å²) in [5.41, 5.74) is 2.64. The van der Waals surface area contributed by atoms with E-state index in [1.807, 2.05) is 23.1 Å².